The van der Waals surface area contributed by atoms with E-state index in [9.17, 15) is 18.0 Å². The lowest BCUT2D eigenvalue weighted by Gasteiger charge is -2.34. The first-order chi connectivity index (χ1) is 14.9. The maximum absolute atomic E-state index is 13.0. The number of ether oxygens (including phenoxy) is 1. The van der Waals surface area contributed by atoms with Crippen molar-refractivity contribution >= 4 is 17.2 Å². The topological polar surface area (TPSA) is 54.7 Å². The van der Waals surface area contributed by atoms with Gasteiger partial charge in [-0.1, -0.05) is 18.2 Å². The molecule has 0 bridgehead atoms. The summed E-state index contributed by atoms with van der Waals surface area (Å²) < 4.78 is 49.9. The van der Waals surface area contributed by atoms with Crippen LogP contribution < -0.4 is 5.32 Å². The van der Waals surface area contributed by atoms with E-state index in [1.54, 1.807) is 11.3 Å². The summed E-state index contributed by atoms with van der Waals surface area (Å²) >= 11 is 1.63. The summed E-state index contributed by atoms with van der Waals surface area (Å²) in [5, 5.41) is 4.90. The number of alkyl halides is 3. The zero-order chi connectivity index (χ0) is 21.8. The number of halogens is 3. The normalized spacial score (nSPS) is 16.2. The van der Waals surface area contributed by atoms with Crippen LogP contribution in [0.2, 0.25) is 0 Å². The third-order valence-electron chi connectivity index (χ3n) is 5.12. The van der Waals surface area contributed by atoms with Gasteiger partial charge in [0.15, 0.2) is 5.76 Å². The van der Waals surface area contributed by atoms with Gasteiger partial charge in [-0.3, -0.25) is 9.69 Å². The number of amides is 1. The molecule has 1 saturated heterocycles. The largest absolute Gasteiger partial charge is 0.451 e. The van der Waals surface area contributed by atoms with Crippen molar-refractivity contribution in [3.63, 3.8) is 0 Å². The summed E-state index contributed by atoms with van der Waals surface area (Å²) in [6.07, 6.45) is -4.45. The quantitative estimate of drug-likeness (QED) is 0.585. The second-order valence-electron chi connectivity index (χ2n) is 7.13. The van der Waals surface area contributed by atoms with Gasteiger partial charge in [0.05, 0.1) is 24.8 Å². The van der Waals surface area contributed by atoms with Crippen molar-refractivity contribution < 1.29 is 27.1 Å². The van der Waals surface area contributed by atoms with Gasteiger partial charge in [0.1, 0.15) is 5.76 Å². The fraction of sp³-hybridized carbons (Fsp3) is 0.318. The van der Waals surface area contributed by atoms with Crippen LogP contribution in [0.15, 0.2) is 58.3 Å². The average Bonchev–Trinajstić information content (AvgIpc) is 3.47. The average molecular weight is 450 g/mol. The van der Waals surface area contributed by atoms with E-state index in [1.807, 2.05) is 17.5 Å². The fourth-order valence-electron chi connectivity index (χ4n) is 3.52. The van der Waals surface area contributed by atoms with Crippen LogP contribution >= 0.6 is 11.3 Å². The Hall–Kier alpha value is -2.62. The highest BCUT2D eigenvalue weighted by atomic mass is 32.1. The SMILES string of the molecule is O=C(NC[C@@H](c1cccs1)N1CCOCC1)c1ccc(-c2cccc(C(F)(F)F)c2)o1. The van der Waals surface area contributed by atoms with E-state index in [0.717, 1.165) is 30.1 Å². The third-order valence-corrected chi connectivity index (χ3v) is 6.09. The van der Waals surface area contributed by atoms with Gasteiger partial charge in [-0.05, 0) is 35.7 Å². The predicted octanol–water partition coefficient (Wildman–Crippen LogP) is 4.83. The number of morpholine rings is 1. The minimum Gasteiger partial charge on any atom is -0.451 e. The molecule has 31 heavy (non-hydrogen) atoms. The molecule has 0 aliphatic carbocycles. The van der Waals surface area contributed by atoms with Crippen molar-refractivity contribution in [3.8, 4) is 11.3 Å². The number of furan rings is 1. The Labute approximate surface area is 181 Å². The van der Waals surface area contributed by atoms with Crippen LogP contribution in [0.1, 0.15) is 27.0 Å². The van der Waals surface area contributed by atoms with E-state index >= 15 is 0 Å². The lowest BCUT2D eigenvalue weighted by atomic mass is 10.1. The predicted molar refractivity (Wildman–Crippen MR) is 111 cm³/mol. The summed E-state index contributed by atoms with van der Waals surface area (Å²) in [5.41, 5.74) is -0.504. The van der Waals surface area contributed by atoms with Gasteiger partial charge in [-0.2, -0.15) is 13.2 Å². The number of carbonyl (C=O) groups excluding carboxylic acids is 1. The first-order valence-corrected chi connectivity index (χ1v) is 10.7. The smallest absolute Gasteiger partial charge is 0.416 e. The van der Waals surface area contributed by atoms with Crippen LogP contribution in [-0.4, -0.2) is 43.7 Å². The van der Waals surface area contributed by atoms with Crippen molar-refractivity contribution in [2.24, 2.45) is 0 Å². The van der Waals surface area contributed by atoms with Gasteiger partial charge in [0, 0.05) is 30.1 Å². The standard InChI is InChI=1S/C22H21F3N2O3S/c23-22(24,25)16-4-1-3-15(13-16)18-6-7-19(30-18)21(28)26-14-17(20-5-2-12-31-20)27-8-10-29-11-9-27/h1-7,12-13,17H,8-11,14H2,(H,26,28)/t17-/m0/s1. The molecule has 4 rings (SSSR count). The van der Waals surface area contributed by atoms with Gasteiger partial charge < -0.3 is 14.5 Å². The molecule has 1 N–H and O–H groups in total. The second-order valence-corrected chi connectivity index (χ2v) is 8.11. The molecule has 2 aromatic heterocycles. The Morgan fingerprint density at radius 1 is 1.13 bits per heavy atom. The Balaban J connectivity index is 1.45. The molecular formula is C22H21F3N2O3S. The van der Waals surface area contributed by atoms with E-state index in [-0.39, 0.29) is 23.1 Å². The summed E-state index contributed by atoms with van der Waals surface area (Å²) in [5.74, 6) is -0.147. The van der Waals surface area contributed by atoms with Gasteiger partial charge in [-0.25, -0.2) is 0 Å². The summed E-state index contributed by atoms with van der Waals surface area (Å²) in [7, 11) is 0. The Kier molecular flexibility index (Phi) is 6.45. The molecule has 1 amide bonds. The maximum Gasteiger partial charge on any atom is 0.416 e. The molecule has 1 aromatic carbocycles. The summed E-state index contributed by atoms with van der Waals surface area (Å²) in [6.45, 7) is 3.24. The Bertz CT molecular complexity index is 1010. The van der Waals surface area contributed by atoms with E-state index < -0.39 is 17.6 Å². The number of rotatable bonds is 6. The fourth-order valence-corrected chi connectivity index (χ4v) is 4.38. The molecular weight excluding hydrogens is 429 g/mol. The molecule has 0 unspecified atom stereocenters. The number of thiophene rings is 1. The van der Waals surface area contributed by atoms with Crippen LogP contribution in [-0.2, 0) is 10.9 Å². The minimum atomic E-state index is -4.45. The van der Waals surface area contributed by atoms with E-state index in [1.165, 1.54) is 24.3 Å². The van der Waals surface area contributed by atoms with Gasteiger partial charge in [0.2, 0.25) is 0 Å². The van der Waals surface area contributed by atoms with Crippen molar-refractivity contribution in [1.29, 1.82) is 0 Å². The molecule has 3 aromatic rings. The highest BCUT2D eigenvalue weighted by Gasteiger charge is 2.31. The van der Waals surface area contributed by atoms with Crippen LogP contribution in [0.5, 0.6) is 0 Å². The first-order valence-electron chi connectivity index (χ1n) is 9.83. The molecule has 1 aliphatic rings. The van der Waals surface area contributed by atoms with Crippen LogP contribution in [0.3, 0.4) is 0 Å². The van der Waals surface area contributed by atoms with Crippen molar-refractivity contribution in [2.45, 2.75) is 12.2 Å². The van der Waals surface area contributed by atoms with Crippen LogP contribution in [0.4, 0.5) is 13.2 Å². The first kappa shape index (κ1) is 21.6. The maximum atomic E-state index is 13.0. The van der Waals surface area contributed by atoms with Crippen LogP contribution in [0, 0.1) is 0 Å². The van der Waals surface area contributed by atoms with E-state index in [0.29, 0.717) is 19.8 Å². The number of hydrogen-bond donors (Lipinski definition) is 1. The molecule has 9 heteroatoms. The van der Waals surface area contributed by atoms with Gasteiger partial charge in [-0.15, -0.1) is 11.3 Å². The highest BCUT2D eigenvalue weighted by Crippen LogP contribution is 2.32. The zero-order valence-corrected chi connectivity index (χ0v) is 17.3. The van der Waals surface area contributed by atoms with E-state index in [2.05, 4.69) is 10.2 Å². The third kappa shape index (κ3) is 5.17. The molecule has 0 spiro atoms. The molecule has 164 valence electrons. The highest BCUT2D eigenvalue weighted by molar-refractivity contribution is 7.10. The minimum absolute atomic E-state index is 0.0192. The number of carbonyl (C=O) groups is 1. The Morgan fingerprint density at radius 3 is 2.65 bits per heavy atom. The van der Waals surface area contributed by atoms with Crippen molar-refractivity contribution in [1.82, 2.24) is 10.2 Å². The van der Waals surface area contributed by atoms with Crippen LogP contribution in [0.25, 0.3) is 11.3 Å². The molecule has 5 nitrogen and oxygen atoms in total. The summed E-state index contributed by atoms with van der Waals surface area (Å²) in [4.78, 5) is 16.1. The lowest BCUT2D eigenvalue weighted by molar-refractivity contribution is -0.137. The van der Waals surface area contributed by atoms with Gasteiger partial charge >= 0.3 is 6.18 Å². The lowest BCUT2D eigenvalue weighted by Crippen LogP contribution is -2.43. The molecule has 1 atom stereocenters. The molecule has 0 radical (unpaired) electrons. The van der Waals surface area contributed by atoms with Crippen molar-refractivity contribution in [2.75, 3.05) is 32.8 Å². The number of hydrogen-bond acceptors (Lipinski definition) is 5. The Morgan fingerprint density at radius 2 is 1.94 bits per heavy atom. The monoisotopic (exact) mass is 450 g/mol. The molecule has 0 saturated carbocycles. The number of benzene rings is 1. The molecule has 1 aliphatic heterocycles. The molecule has 3 heterocycles. The number of nitrogens with zero attached hydrogens (tertiary/aromatic N) is 1. The van der Waals surface area contributed by atoms with Crippen molar-refractivity contribution in [3.05, 3.63) is 70.1 Å². The van der Waals surface area contributed by atoms with E-state index in [4.69, 9.17) is 9.15 Å². The van der Waals surface area contributed by atoms with Gasteiger partial charge in [0.25, 0.3) is 5.91 Å². The zero-order valence-electron chi connectivity index (χ0n) is 16.5. The number of nitrogens with one attached hydrogen (secondary N) is 1. The summed E-state index contributed by atoms with van der Waals surface area (Å²) in [6, 6.07) is 11.8. The molecule has 1 fully saturated rings. The second kappa shape index (κ2) is 9.25.